The Bertz CT molecular complexity index is 437. The molecule has 0 aromatic heterocycles. The fourth-order valence-electron chi connectivity index (χ4n) is 2.02. The van der Waals surface area contributed by atoms with Gasteiger partial charge in [0.2, 0.25) is 0 Å². The van der Waals surface area contributed by atoms with E-state index < -0.39 is 18.0 Å². The molecule has 20 heavy (non-hydrogen) atoms. The third kappa shape index (κ3) is 4.08. The first kappa shape index (κ1) is 16.7. The van der Waals surface area contributed by atoms with Gasteiger partial charge in [-0.25, -0.2) is 4.39 Å². The quantitative estimate of drug-likeness (QED) is 0.808. The van der Waals surface area contributed by atoms with Crippen LogP contribution in [0.15, 0.2) is 12.1 Å². The van der Waals surface area contributed by atoms with E-state index in [1.807, 2.05) is 0 Å². The number of benzene rings is 1. The summed E-state index contributed by atoms with van der Waals surface area (Å²) >= 11 is 0. The van der Waals surface area contributed by atoms with E-state index in [4.69, 9.17) is 15.2 Å². The van der Waals surface area contributed by atoms with Gasteiger partial charge in [0.1, 0.15) is 5.82 Å². The molecule has 0 aliphatic rings. The number of aliphatic hydroxyl groups excluding tert-OH is 1. The molecule has 0 unspecified atom stereocenters. The predicted octanol–water partition coefficient (Wildman–Crippen LogP) is 2.64. The number of nitrogens with two attached hydrogens (primary N) is 1. The van der Waals surface area contributed by atoms with E-state index >= 15 is 0 Å². The zero-order chi connectivity index (χ0) is 15.3. The molecule has 0 amide bonds. The summed E-state index contributed by atoms with van der Waals surface area (Å²) in [5.74, 6) is 0.666. The van der Waals surface area contributed by atoms with Gasteiger partial charge in [-0.2, -0.15) is 0 Å². The number of halogens is 1. The Morgan fingerprint density at radius 2 is 1.70 bits per heavy atom. The van der Waals surface area contributed by atoms with Gasteiger partial charge in [-0.05, 0) is 24.8 Å². The van der Waals surface area contributed by atoms with Crippen LogP contribution in [0.1, 0.15) is 38.3 Å². The lowest BCUT2D eigenvalue weighted by molar-refractivity contribution is 0.126. The maximum atomic E-state index is 14.0. The van der Waals surface area contributed by atoms with Crippen LogP contribution in [0.4, 0.5) is 4.39 Å². The van der Waals surface area contributed by atoms with Crippen LogP contribution in [-0.4, -0.2) is 25.4 Å². The van der Waals surface area contributed by atoms with Crippen LogP contribution < -0.4 is 15.2 Å². The van der Waals surface area contributed by atoms with E-state index in [1.54, 1.807) is 0 Å². The molecule has 1 aromatic rings. The molecule has 1 aromatic carbocycles. The van der Waals surface area contributed by atoms with Crippen molar-refractivity contribution in [2.75, 3.05) is 14.2 Å². The maximum Gasteiger partial charge on any atom is 0.163 e. The molecular weight excluding hydrogens is 261 g/mol. The molecule has 0 aliphatic heterocycles. The van der Waals surface area contributed by atoms with Crippen LogP contribution in [-0.2, 0) is 0 Å². The fourth-order valence-corrected chi connectivity index (χ4v) is 2.02. The lowest BCUT2D eigenvalue weighted by Crippen LogP contribution is -2.27. The second-order valence-corrected chi connectivity index (χ2v) is 5.29. The molecule has 4 nitrogen and oxygen atoms in total. The predicted molar refractivity (Wildman–Crippen MR) is 76.5 cm³/mol. The largest absolute Gasteiger partial charge is 0.493 e. The second-order valence-electron chi connectivity index (χ2n) is 5.29. The van der Waals surface area contributed by atoms with Crippen molar-refractivity contribution < 1.29 is 19.0 Å². The molecule has 1 rings (SSSR count). The molecule has 114 valence electrons. The van der Waals surface area contributed by atoms with Crippen molar-refractivity contribution in [3.63, 3.8) is 0 Å². The number of hydrogen-bond acceptors (Lipinski definition) is 4. The monoisotopic (exact) mass is 285 g/mol. The Kier molecular flexibility index (Phi) is 6.23. The highest BCUT2D eigenvalue weighted by Crippen LogP contribution is 2.33. The third-order valence-corrected chi connectivity index (χ3v) is 3.32. The Labute approximate surface area is 119 Å². The van der Waals surface area contributed by atoms with Crippen LogP contribution >= 0.6 is 0 Å². The van der Waals surface area contributed by atoms with Crippen molar-refractivity contribution in [3.8, 4) is 11.5 Å². The van der Waals surface area contributed by atoms with E-state index in [9.17, 15) is 9.50 Å². The summed E-state index contributed by atoms with van der Waals surface area (Å²) in [6.45, 7) is 4.13. The van der Waals surface area contributed by atoms with Gasteiger partial charge >= 0.3 is 0 Å². The van der Waals surface area contributed by atoms with Gasteiger partial charge < -0.3 is 20.3 Å². The lowest BCUT2D eigenvalue weighted by atomic mass is 9.95. The average Bonchev–Trinajstić information content (AvgIpc) is 2.43. The fraction of sp³-hybridized carbons (Fsp3) is 0.600. The van der Waals surface area contributed by atoms with Crippen LogP contribution in [0, 0.1) is 11.7 Å². The van der Waals surface area contributed by atoms with Crippen molar-refractivity contribution in [2.45, 2.75) is 38.8 Å². The molecule has 0 aliphatic carbocycles. The minimum Gasteiger partial charge on any atom is -0.493 e. The summed E-state index contributed by atoms with van der Waals surface area (Å²) in [5, 5.41) is 10.1. The molecule has 3 N–H and O–H groups in total. The van der Waals surface area contributed by atoms with Crippen molar-refractivity contribution in [2.24, 2.45) is 11.7 Å². The minimum atomic E-state index is -0.787. The minimum absolute atomic E-state index is 0.235. The highest BCUT2D eigenvalue weighted by Gasteiger charge is 2.22. The number of methoxy groups -OCH3 is 2. The van der Waals surface area contributed by atoms with E-state index in [1.165, 1.54) is 26.4 Å². The molecule has 0 fully saturated rings. The Morgan fingerprint density at radius 1 is 1.15 bits per heavy atom. The molecular formula is C15H24FNO3. The van der Waals surface area contributed by atoms with E-state index in [0.717, 1.165) is 6.42 Å². The Balaban J connectivity index is 2.94. The summed E-state index contributed by atoms with van der Waals surface area (Å²) in [6, 6.07) is 1.93. The van der Waals surface area contributed by atoms with Crippen LogP contribution in [0.2, 0.25) is 0 Å². The second kappa shape index (κ2) is 7.45. The summed E-state index contributed by atoms with van der Waals surface area (Å²) in [4.78, 5) is 0. The molecule has 0 radical (unpaired) electrons. The van der Waals surface area contributed by atoms with Gasteiger partial charge in [0.05, 0.1) is 26.4 Å². The van der Waals surface area contributed by atoms with Crippen molar-refractivity contribution in [1.82, 2.24) is 0 Å². The third-order valence-electron chi connectivity index (χ3n) is 3.32. The first-order valence-electron chi connectivity index (χ1n) is 6.75. The standard InChI is InChI=1S/C15H24FNO3/c1-9(2)5-6-12(18)15(17)10-7-13(19-3)14(20-4)8-11(10)16/h7-9,12,15,18H,5-6,17H2,1-4H3/t12-,15+/m0/s1. The molecule has 0 saturated heterocycles. The zero-order valence-corrected chi connectivity index (χ0v) is 12.5. The average molecular weight is 285 g/mol. The molecule has 2 atom stereocenters. The summed E-state index contributed by atoms with van der Waals surface area (Å²) in [7, 11) is 2.91. The lowest BCUT2D eigenvalue weighted by Gasteiger charge is -2.21. The molecule has 0 bridgehead atoms. The molecule has 5 heteroatoms. The number of hydrogen-bond donors (Lipinski definition) is 2. The van der Waals surface area contributed by atoms with E-state index in [2.05, 4.69) is 13.8 Å². The van der Waals surface area contributed by atoms with Gasteiger partial charge in [-0.3, -0.25) is 0 Å². The van der Waals surface area contributed by atoms with Crippen molar-refractivity contribution in [1.29, 1.82) is 0 Å². The van der Waals surface area contributed by atoms with E-state index in [-0.39, 0.29) is 5.56 Å². The van der Waals surface area contributed by atoms with Crippen molar-refractivity contribution in [3.05, 3.63) is 23.5 Å². The normalized spacial score (nSPS) is 14.2. The van der Waals surface area contributed by atoms with Crippen molar-refractivity contribution >= 4 is 0 Å². The van der Waals surface area contributed by atoms with Crippen LogP contribution in [0.3, 0.4) is 0 Å². The highest BCUT2D eigenvalue weighted by atomic mass is 19.1. The van der Waals surface area contributed by atoms with E-state index in [0.29, 0.717) is 23.8 Å². The molecule has 0 saturated carbocycles. The van der Waals surface area contributed by atoms with Gasteiger partial charge in [-0.1, -0.05) is 13.8 Å². The first-order chi connectivity index (χ1) is 9.40. The SMILES string of the molecule is COc1cc(F)c([C@@H](N)[C@@H](O)CCC(C)C)cc1OC. The van der Waals surface area contributed by atoms with Gasteiger partial charge in [0.25, 0.3) is 0 Å². The highest BCUT2D eigenvalue weighted by molar-refractivity contribution is 5.44. The van der Waals surface area contributed by atoms with Gasteiger partial charge in [0.15, 0.2) is 11.5 Å². The zero-order valence-electron chi connectivity index (χ0n) is 12.5. The smallest absolute Gasteiger partial charge is 0.163 e. The van der Waals surface area contributed by atoms with Gasteiger partial charge in [0, 0.05) is 11.6 Å². The van der Waals surface area contributed by atoms with Crippen LogP contribution in [0.5, 0.6) is 11.5 Å². The number of rotatable bonds is 7. The summed E-state index contributed by atoms with van der Waals surface area (Å²) < 4.78 is 24.2. The number of aliphatic hydroxyl groups is 1. The topological polar surface area (TPSA) is 64.7 Å². The molecule has 0 spiro atoms. The summed E-state index contributed by atoms with van der Waals surface area (Å²) in [6.07, 6.45) is 0.584. The summed E-state index contributed by atoms with van der Waals surface area (Å²) in [5.41, 5.74) is 6.19. The molecule has 0 heterocycles. The van der Waals surface area contributed by atoms with Gasteiger partial charge in [-0.15, -0.1) is 0 Å². The number of ether oxygens (including phenoxy) is 2. The Hall–Kier alpha value is -1.33. The van der Waals surface area contributed by atoms with Crippen LogP contribution in [0.25, 0.3) is 0 Å². The maximum absolute atomic E-state index is 14.0. The Morgan fingerprint density at radius 3 is 2.20 bits per heavy atom. The first-order valence-corrected chi connectivity index (χ1v) is 6.75.